The molecule has 2 fully saturated rings. The number of aryl methyl sites for hydroxylation is 1. The predicted octanol–water partition coefficient (Wildman–Crippen LogP) is 3.30. The SMILES string of the molecule is CO[C@@H]1CO[C@]2(S)[C@H](Oc3ccc(C(=O)c4ccc(C)cc4)cc3)CO[C@]12S. The molecule has 0 unspecified atom stereocenters. The molecule has 0 radical (unpaired) electrons. The van der Waals surface area contributed by atoms with E-state index in [1.807, 2.05) is 31.2 Å². The molecule has 5 nitrogen and oxygen atoms in total. The van der Waals surface area contributed by atoms with Gasteiger partial charge in [-0.3, -0.25) is 4.79 Å². The Kier molecular flexibility index (Phi) is 5.22. The van der Waals surface area contributed by atoms with Crippen LogP contribution in [-0.2, 0) is 14.2 Å². The second-order valence-corrected chi connectivity index (χ2v) is 8.39. The van der Waals surface area contributed by atoms with Crippen LogP contribution in [0.5, 0.6) is 5.75 Å². The molecular formula is C21H22O5S2. The molecule has 0 aliphatic carbocycles. The van der Waals surface area contributed by atoms with Crippen molar-refractivity contribution in [3.63, 3.8) is 0 Å². The monoisotopic (exact) mass is 418 g/mol. The van der Waals surface area contributed by atoms with Gasteiger partial charge in [-0.2, -0.15) is 0 Å². The van der Waals surface area contributed by atoms with Gasteiger partial charge in [-0.05, 0) is 31.2 Å². The molecule has 2 saturated heterocycles. The standard InChI is InChI=1S/C21H22O5S2/c1-13-3-5-14(6-4-13)19(22)15-7-9-16(10-8-15)26-18-12-25-20(27)17(23-2)11-24-21(18,20)28/h3-10,17-18,27-28H,11-12H2,1-2H3/t17-,18-,20+,21+/m1/s1. The number of ketones is 1. The zero-order valence-electron chi connectivity index (χ0n) is 15.6. The number of methoxy groups -OCH3 is 1. The van der Waals surface area contributed by atoms with Gasteiger partial charge >= 0.3 is 0 Å². The molecule has 28 heavy (non-hydrogen) atoms. The van der Waals surface area contributed by atoms with Crippen molar-refractivity contribution in [1.29, 1.82) is 0 Å². The van der Waals surface area contributed by atoms with Gasteiger partial charge in [-0.15, -0.1) is 25.3 Å². The summed E-state index contributed by atoms with van der Waals surface area (Å²) in [5.74, 6) is 0.572. The number of ether oxygens (including phenoxy) is 4. The van der Waals surface area contributed by atoms with Crippen LogP contribution in [0, 0.1) is 6.92 Å². The zero-order valence-corrected chi connectivity index (χ0v) is 17.4. The molecule has 2 aliphatic heterocycles. The van der Waals surface area contributed by atoms with Gasteiger partial charge in [-0.1, -0.05) is 29.8 Å². The number of carbonyl (C=O) groups excluding carboxylic acids is 1. The molecule has 2 aliphatic rings. The van der Waals surface area contributed by atoms with Gasteiger partial charge in [0.1, 0.15) is 11.9 Å². The molecular weight excluding hydrogens is 396 g/mol. The number of hydrogen-bond acceptors (Lipinski definition) is 7. The fourth-order valence-corrected chi connectivity index (χ4v) is 4.42. The predicted molar refractivity (Wildman–Crippen MR) is 112 cm³/mol. The van der Waals surface area contributed by atoms with Crippen LogP contribution < -0.4 is 4.74 Å². The summed E-state index contributed by atoms with van der Waals surface area (Å²) < 4.78 is 23.2. The lowest BCUT2D eigenvalue weighted by Crippen LogP contribution is -2.51. The molecule has 148 valence electrons. The lowest BCUT2D eigenvalue weighted by atomic mass is 10.0. The third-order valence-electron chi connectivity index (χ3n) is 5.29. The summed E-state index contributed by atoms with van der Waals surface area (Å²) in [7, 11) is 1.59. The van der Waals surface area contributed by atoms with Crippen LogP contribution in [0.3, 0.4) is 0 Å². The molecule has 0 aromatic heterocycles. The van der Waals surface area contributed by atoms with Crippen LogP contribution in [0.1, 0.15) is 21.5 Å². The Bertz CT molecular complexity index is 869. The van der Waals surface area contributed by atoms with Crippen LogP contribution in [0.15, 0.2) is 48.5 Å². The Balaban J connectivity index is 1.48. The van der Waals surface area contributed by atoms with E-state index in [1.54, 1.807) is 31.4 Å². The summed E-state index contributed by atoms with van der Waals surface area (Å²) in [5.41, 5.74) is 2.37. The highest BCUT2D eigenvalue weighted by Crippen LogP contribution is 2.53. The van der Waals surface area contributed by atoms with E-state index in [0.717, 1.165) is 5.56 Å². The first-order valence-electron chi connectivity index (χ1n) is 9.01. The lowest BCUT2D eigenvalue weighted by Gasteiger charge is -2.34. The van der Waals surface area contributed by atoms with Gasteiger partial charge in [0.2, 0.25) is 0 Å². The maximum atomic E-state index is 12.6. The van der Waals surface area contributed by atoms with Gasteiger partial charge in [0.05, 0.1) is 13.2 Å². The summed E-state index contributed by atoms with van der Waals surface area (Å²) in [6, 6.07) is 14.5. The number of thiol groups is 2. The van der Waals surface area contributed by atoms with E-state index in [0.29, 0.717) is 23.5 Å². The minimum Gasteiger partial charge on any atom is -0.484 e. The van der Waals surface area contributed by atoms with E-state index in [9.17, 15) is 4.79 Å². The second-order valence-electron chi connectivity index (χ2n) is 7.07. The molecule has 0 N–H and O–H groups in total. The number of hydrogen-bond donors (Lipinski definition) is 2. The summed E-state index contributed by atoms with van der Waals surface area (Å²) in [6.07, 6.45) is -0.802. The molecule has 4 atom stereocenters. The first-order valence-corrected chi connectivity index (χ1v) is 9.90. The van der Waals surface area contributed by atoms with Crippen molar-refractivity contribution < 1.29 is 23.7 Å². The summed E-state index contributed by atoms with van der Waals surface area (Å²) in [6.45, 7) is 2.59. The fraction of sp³-hybridized carbons (Fsp3) is 0.381. The molecule has 7 heteroatoms. The highest BCUT2D eigenvalue weighted by Gasteiger charge is 2.69. The molecule has 2 aromatic carbocycles. The Morgan fingerprint density at radius 3 is 2.00 bits per heavy atom. The molecule has 0 saturated carbocycles. The molecule has 4 rings (SSSR count). The van der Waals surface area contributed by atoms with Gasteiger partial charge in [0.15, 0.2) is 21.8 Å². The van der Waals surface area contributed by atoms with Crippen molar-refractivity contribution in [2.24, 2.45) is 0 Å². The van der Waals surface area contributed by atoms with Crippen LogP contribution in [-0.4, -0.2) is 48.2 Å². The number of carbonyl (C=O) groups is 1. The van der Waals surface area contributed by atoms with Gasteiger partial charge < -0.3 is 18.9 Å². The van der Waals surface area contributed by atoms with Crippen molar-refractivity contribution in [3.05, 3.63) is 65.2 Å². The van der Waals surface area contributed by atoms with Gasteiger partial charge in [0.25, 0.3) is 0 Å². The quantitative estimate of drug-likeness (QED) is 0.576. The van der Waals surface area contributed by atoms with Crippen molar-refractivity contribution in [1.82, 2.24) is 0 Å². The second kappa shape index (κ2) is 7.39. The van der Waals surface area contributed by atoms with E-state index in [1.165, 1.54) is 0 Å². The molecule has 2 heterocycles. The van der Waals surface area contributed by atoms with Crippen LogP contribution in [0.4, 0.5) is 0 Å². The lowest BCUT2D eigenvalue weighted by molar-refractivity contribution is -0.0313. The third kappa shape index (κ3) is 3.15. The van der Waals surface area contributed by atoms with Crippen molar-refractivity contribution in [2.75, 3.05) is 20.3 Å². The summed E-state index contributed by atoms with van der Waals surface area (Å²) in [5, 5.41) is 0. The van der Waals surface area contributed by atoms with E-state index in [4.69, 9.17) is 18.9 Å². The third-order valence-corrected chi connectivity index (χ3v) is 6.96. The minimum absolute atomic E-state index is 0.0298. The Labute approximate surface area is 175 Å². The maximum Gasteiger partial charge on any atom is 0.193 e. The Morgan fingerprint density at radius 2 is 1.43 bits per heavy atom. The van der Waals surface area contributed by atoms with Gasteiger partial charge in [-0.25, -0.2) is 0 Å². The van der Waals surface area contributed by atoms with Crippen LogP contribution in [0.25, 0.3) is 0 Å². The van der Waals surface area contributed by atoms with E-state index >= 15 is 0 Å². The van der Waals surface area contributed by atoms with E-state index in [2.05, 4.69) is 25.3 Å². The fourth-order valence-electron chi connectivity index (χ4n) is 3.55. The van der Waals surface area contributed by atoms with E-state index < -0.39 is 16.0 Å². The highest BCUT2D eigenvalue weighted by molar-refractivity contribution is 7.86. The van der Waals surface area contributed by atoms with Crippen molar-refractivity contribution >= 4 is 31.0 Å². The largest absolute Gasteiger partial charge is 0.484 e. The van der Waals surface area contributed by atoms with Crippen molar-refractivity contribution in [2.45, 2.75) is 29.0 Å². The van der Waals surface area contributed by atoms with Crippen LogP contribution >= 0.6 is 25.3 Å². The Morgan fingerprint density at radius 1 is 0.929 bits per heavy atom. The first-order chi connectivity index (χ1) is 13.4. The normalized spacial score (nSPS) is 31.6. The summed E-state index contributed by atoms with van der Waals surface area (Å²) in [4.78, 5) is 10.6. The average molecular weight is 419 g/mol. The maximum absolute atomic E-state index is 12.6. The van der Waals surface area contributed by atoms with Crippen LogP contribution in [0.2, 0.25) is 0 Å². The topological polar surface area (TPSA) is 54.0 Å². The molecule has 0 spiro atoms. The minimum atomic E-state index is -1.03. The average Bonchev–Trinajstić information content (AvgIpc) is 3.10. The first kappa shape index (κ1) is 19.8. The molecule has 0 amide bonds. The number of benzene rings is 2. The molecule has 2 aromatic rings. The van der Waals surface area contributed by atoms with E-state index in [-0.39, 0.29) is 18.5 Å². The molecule has 0 bridgehead atoms. The highest BCUT2D eigenvalue weighted by atomic mass is 32.1. The Hall–Kier alpha value is -1.51. The zero-order chi connectivity index (χ0) is 19.9. The smallest absolute Gasteiger partial charge is 0.193 e. The number of rotatable bonds is 5. The van der Waals surface area contributed by atoms with Gasteiger partial charge in [0, 0.05) is 18.2 Å². The van der Waals surface area contributed by atoms with Crippen molar-refractivity contribution in [3.8, 4) is 5.75 Å². The number of fused-ring (bicyclic) bond motifs is 1. The summed E-state index contributed by atoms with van der Waals surface area (Å²) >= 11 is 9.33.